The zero-order chi connectivity index (χ0) is 13.8. The average Bonchev–Trinajstić information content (AvgIpc) is 3.05. The van der Waals surface area contributed by atoms with Crippen molar-refractivity contribution < 1.29 is 14.7 Å². The minimum Gasteiger partial charge on any atom is -0.480 e. The van der Waals surface area contributed by atoms with E-state index in [2.05, 4.69) is 5.32 Å². The van der Waals surface area contributed by atoms with Crippen LogP contribution in [-0.4, -0.2) is 34.6 Å². The highest BCUT2D eigenvalue weighted by atomic mass is 32.1. The monoisotopic (exact) mass is 282 g/mol. The van der Waals surface area contributed by atoms with Gasteiger partial charge in [0.15, 0.2) is 0 Å². The number of nitrogens with one attached hydrogen (secondary N) is 1. The Morgan fingerprint density at radius 2 is 2.42 bits per heavy atom. The van der Waals surface area contributed by atoms with Gasteiger partial charge in [-0.05, 0) is 30.7 Å². The first kappa shape index (κ1) is 13.9. The molecule has 0 spiro atoms. The van der Waals surface area contributed by atoms with Crippen molar-refractivity contribution in [3.8, 4) is 0 Å². The summed E-state index contributed by atoms with van der Waals surface area (Å²) in [5.41, 5.74) is 0. The van der Waals surface area contributed by atoms with Gasteiger partial charge in [-0.25, -0.2) is 9.59 Å². The summed E-state index contributed by atoms with van der Waals surface area (Å²) in [6.45, 7) is 2.52. The minimum atomic E-state index is -0.920. The zero-order valence-electron chi connectivity index (χ0n) is 10.8. The predicted octanol–water partition coefficient (Wildman–Crippen LogP) is 2.46. The molecule has 1 aliphatic rings. The van der Waals surface area contributed by atoms with Crippen molar-refractivity contribution in [2.24, 2.45) is 0 Å². The number of rotatable bonds is 4. The number of hydrogen-bond acceptors (Lipinski definition) is 3. The van der Waals surface area contributed by atoms with Crippen molar-refractivity contribution in [3.05, 3.63) is 22.4 Å². The first-order valence-corrected chi connectivity index (χ1v) is 7.34. The van der Waals surface area contributed by atoms with Crippen molar-refractivity contribution in [3.63, 3.8) is 0 Å². The molecule has 1 aromatic rings. The van der Waals surface area contributed by atoms with Crippen LogP contribution < -0.4 is 5.32 Å². The van der Waals surface area contributed by atoms with Crippen LogP contribution in [0.5, 0.6) is 0 Å². The topological polar surface area (TPSA) is 69.6 Å². The minimum absolute atomic E-state index is 0.0393. The third-order valence-electron chi connectivity index (χ3n) is 3.39. The Labute approximate surface area is 116 Å². The van der Waals surface area contributed by atoms with Crippen molar-refractivity contribution in [2.75, 3.05) is 6.54 Å². The zero-order valence-corrected chi connectivity index (χ0v) is 11.7. The molecule has 1 unspecified atom stereocenters. The molecular formula is C13H18N2O3S. The van der Waals surface area contributed by atoms with E-state index in [1.165, 1.54) is 4.90 Å². The smallest absolute Gasteiger partial charge is 0.326 e. The molecule has 5 nitrogen and oxygen atoms in total. The summed E-state index contributed by atoms with van der Waals surface area (Å²) >= 11 is 1.60. The first-order valence-electron chi connectivity index (χ1n) is 6.46. The first-order chi connectivity index (χ1) is 9.13. The molecule has 1 aliphatic heterocycles. The van der Waals surface area contributed by atoms with E-state index in [0.717, 1.165) is 17.7 Å². The van der Waals surface area contributed by atoms with E-state index in [-0.39, 0.29) is 12.1 Å². The Bertz CT molecular complexity index is 447. The summed E-state index contributed by atoms with van der Waals surface area (Å²) < 4.78 is 0. The average molecular weight is 282 g/mol. The summed E-state index contributed by atoms with van der Waals surface area (Å²) in [5, 5.41) is 14.0. The number of carbonyl (C=O) groups excluding carboxylic acids is 1. The van der Waals surface area contributed by atoms with Crippen LogP contribution in [0.3, 0.4) is 0 Å². The molecule has 0 aromatic carbocycles. The lowest BCUT2D eigenvalue weighted by Crippen LogP contribution is -2.46. The standard InChI is InChI=1S/C13H18N2O3S/c1-2-9(11-6-4-8-19-11)14-13(18)15-7-3-5-10(15)12(16)17/h4,6,8-10H,2-3,5,7H2,1H3,(H,14,18)(H,16,17)/t9?,10-/m0/s1. The predicted molar refractivity (Wildman–Crippen MR) is 73.2 cm³/mol. The molecular weight excluding hydrogens is 264 g/mol. The van der Waals surface area contributed by atoms with Gasteiger partial charge in [-0.3, -0.25) is 0 Å². The number of carbonyl (C=O) groups is 2. The molecule has 2 atom stereocenters. The van der Waals surface area contributed by atoms with Crippen LogP contribution in [-0.2, 0) is 4.79 Å². The van der Waals surface area contributed by atoms with Gasteiger partial charge < -0.3 is 15.3 Å². The number of aliphatic carboxylic acids is 1. The fourth-order valence-electron chi connectivity index (χ4n) is 2.36. The van der Waals surface area contributed by atoms with Crippen molar-refractivity contribution in [1.29, 1.82) is 0 Å². The maximum absolute atomic E-state index is 12.2. The summed E-state index contributed by atoms with van der Waals surface area (Å²) in [6, 6.07) is 2.94. The van der Waals surface area contributed by atoms with Crippen molar-refractivity contribution in [2.45, 2.75) is 38.3 Å². The maximum atomic E-state index is 12.2. The van der Waals surface area contributed by atoms with Crippen molar-refractivity contribution >= 4 is 23.3 Å². The van der Waals surface area contributed by atoms with Gasteiger partial charge in [0.1, 0.15) is 6.04 Å². The van der Waals surface area contributed by atoms with Crippen LogP contribution in [0.1, 0.15) is 37.1 Å². The Kier molecular flexibility index (Phi) is 4.42. The second-order valence-electron chi connectivity index (χ2n) is 4.62. The molecule has 2 N–H and O–H groups in total. The van der Waals surface area contributed by atoms with Crippen LogP contribution in [0.4, 0.5) is 4.79 Å². The fourth-order valence-corrected chi connectivity index (χ4v) is 3.22. The second-order valence-corrected chi connectivity index (χ2v) is 5.59. The quantitative estimate of drug-likeness (QED) is 0.891. The van der Waals surface area contributed by atoms with Gasteiger partial charge in [-0.2, -0.15) is 0 Å². The number of amides is 2. The van der Waals surface area contributed by atoms with E-state index in [1.54, 1.807) is 11.3 Å². The highest BCUT2D eigenvalue weighted by Crippen LogP contribution is 2.23. The van der Waals surface area contributed by atoms with Crippen LogP contribution in [0.15, 0.2) is 17.5 Å². The summed E-state index contributed by atoms with van der Waals surface area (Å²) in [5.74, 6) is -0.920. The molecule has 0 aliphatic carbocycles. The van der Waals surface area contributed by atoms with E-state index >= 15 is 0 Å². The van der Waals surface area contributed by atoms with Crippen LogP contribution in [0.25, 0.3) is 0 Å². The largest absolute Gasteiger partial charge is 0.480 e. The molecule has 0 saturated carbocycles. The maximum Gasteiger partial charge on any atom is 0.326 e. The Morgan fingerprint density at radius 1 is 1.63 bits per heavy atom. The number of hydrogen-bond donors (Lipinski definition) is 2. The lowest BCUT2D eigenvalue weighted by molar-refractivity contribution is -0.141. The van der Waals surface area contributed by atoms with E-state index in [0.29, 0.717) is 13.0 Å². The van der Waals surface area contributed by atoms with E-state index < -0.39 is 12.0 Å². The van der Waals surface area contributed by atoms with Crippen LogP contribution in [0, 0.1) is 0 Å². The molecule has 2 heterocycles. The lowest BCUT2D eigenvalue weighted by atomic mass is 10.2. The highest BCUT2D eigenvalue weighted by molar-refractivity contribution is 7.10. The Balaban J connectivity index is 2.02. The molecule has 19 heavy (non-hydrogen) atoms. The third kappa shape index (κ3) is 3.07. The molecule has 0 radical (unpaired) electrons. The number of likely N-dealkylation sites (tertiary alicyclic amines) is 1. The van der Waals surface area contributed by atoms with E-state index in [4.69, 9.17) is 5.11 Å². The molecule has 0 bridgehead atoms. The SMILES string of the molecule is CCC(NC(=O)N1CCC[C@H]1C(=O)O)c1cccs1. The van der Waals surface area contributed by atoms with Gasteiger partial charge in [0.05, 0.1) is 6.04 Å². The van der Waals surface area contributed by atoms with E-state index in [9.17, 15) is 9.59 Å². The number of carboxylic acids is 1. The number of carboxylic acid groups (broad SMARTS) is 1. The summed E-state index contributed by atoms with van der Waals surface area (Å²) in [4.78, 5) is 25.8. The van der Waals surface area contributed by atoms with Crippen LogP contribution >= 0.6 is 11.3 Å². The second kappa shape index (κ2) is 6.06. The molecule has 104 valence electrons. The molecule has 1 saturated heterocycles. The molecule has 1 fully saturated rings. The normalized spacial score (nSPS) is 20.3. The van der Waals surface area contributed by atoms with Crippen LogP contribution in [0.2, 0.25) is 0 Å². The fraction of sp³-hybridized carbons (Fsp3) is 0.538. The molecule has 2 rings (SSSR count). The highest BCUT2D eigenvalue weighted by Gasteiger charge is 2.34. The van der Waals surface area contributed by atoms with Gasteiger partial charge in [-0.1, -0.05) is 13.0 Å². The Morgan fingerprint density at radius 3 is 3.00 bits per heavy atom. The lowest BCUT2D eigenvalue weighted by Gasteiger charge is -2.25. The van der Waals surface area contributed by atoms with Crippen molar-refractivity contribution in [1.82, 2.24) is 10.2 Å². The summed E-state index contributed by atoms with van der Waals surface area (Å²) in [6.07, 6.45) is 2.08. The summed E-state index contributed by atoms with van der Waals surface area (Å²) in [7, 11) is 0. The molecule has 2 amide bonds. The number of urea groups is 1. The third-order valence-corrected chi connectivity index (χ3v) is 4.38. The van der Waals surface area contributed by atoms with E-state index in [1.807, 2.05) is 24.4 Å². The van der Waals surface area contributed by atoms with Gasteiger partial charge in [-0.15, -0.1) is 11.3 Å². The molecule has 6 heteroatoms. The van der Waals surface area contributed by atoms with Gasteiger partial charge in [0, 0.05) is 11.4 Å². The Hall–Kier alpha value is -1.56. The number of nitrogens with zero attached hydrogens (tertiary/aromatic N) is 1. The molecule has 1 aromatic heterocycles. The van der Waals surface area contributed by atoms with Gasteiger partial charge in [0.2, 0.25) is 0 Å². The number of thiophene rings is 1. The van der Waals surface area contributed by atoms with Gasteiger partial charge in [0.25, 0.3) is 0 Å². The van der Waals surface area contributed by atoms with Gasteiger partial charge >= 0.3 is 12.0 Å².